The van der Waals surface area contributed by atoms with Crippen LogP contribution in [0.2, 0.25) is 5.02 Å². The minimum atomic E-state index is 0.212. The molecule has 0 amide bonds. The predicted molar refractivity (Wildman–Crippen MR) is 68.7 cm³/mol. The van der Waals surface area contributed by atoms with Crippen molar-refractivity contribution in [1.29, 1.82) is 0 Å². The monoisotopic (exact) mass is 239 g/mol. The van der Waals surface area contributed by atoms with Crippen LogP contribution < -0.4 is 5.32 Å². The Kier molecular flexibility index (Phi) is 6.16. The summed E-state index contributed by atoms with van der Waals surface area (Å²) in [7, 11) is 0. The van der Waals surface area contributed by atoms with Crippen molar-refractivity contribution in [3.8, 4) is 0 Å². The molecule has 0 heterocycles. The third-order valence-corrected chi connectivity index (χ3v) is 2.61. The van der Waals surface area contributed by atoms with Gasteiger partial charge < -0.3 is 10.4 Å². The van der Waals surface area contributed by atoms with Crippen LogP contribution in [0.25, 0.3) is 0 Å². The summed E-state index contributed by atoms with van der Waals surface area (Å²) in [6.07, 6.45) is 3.50. The van der Waals surface area contributed by atoms with Crippen molar-refractivity contribution in [2.24, 2.45) is 0 Å². The van der Waals surface area contributed by atoms with Gasteiger partial charge in [-0.05, 0) is 37.1 Å². The van der Waals surface area contributed by atoms with Crippen molar-refractivity contribution in [2.75, 3.05) is 13.2 Å². The second-order valence-electron chi connectivity index (χ2n) is 3.66. The van der Waals surface area contributed by atoms with Crippen molar-refractivity contribution in [3.05, 3.63) is 47.5 Å². The summed E-state index contributed by atoms with van der Waals surface area (Å²) in [5, 5.41) is 12.9. The molecule has 0 saturated heterocycles. The number of hydrogen-bond acceptors (Lipinski definition) is 2. The highest BCUT2D eigenvalue weighted by Gasteiger charge is 2.08. The first kappa shape index (κ1) is 13.2. The van der Waals surface area contributed by atoms with Gasteiger partial charge in [0, 0.05) is 17.7 Å². The van der Waals surface area contributed by atoms with Crippen LogP contribution in [0.4, 0.5) is 0 Å². The Bertz CT molecular complexity index is 327. The van der Waals surface area contributed by atoms with Crippen LogP contribution in [0.1, 0.15) is 24.4 Å². The summed E-state index contributed by atoms with van der Waals surface area (Å²) >= 11 is 5.96. The van der Waals surface area contributed by atoms with Crippen LogP contribution >= 0.6 is 11.6 Å². The molecule has 88 valence electrons. The fraction of sp³-hybridized carbons (Fsp3) is 0.385. The summed E-state index contributed by atoms with van der Waals surface area (Å²) in [6.45, 7) is 4.76. The highest BCUT2D eigenvalue weighted by atomic mass is 35.5. The highest BCUT2D eigenvalue weighted by Crippen LogP contribution is 2.20. The fourth-order valence-corrected chi connectivity index (χ4v) is 1.78. The zero-order valence-corrected chi connectivity index (χ0v) is 10.1. The molecule has 1 aromatic rings. The fourth-order valence-electron chi connectivity index (χ4n) is 1.58. The minimum Gasteiger partial charge on any atom is -0.396 e. The molecule has 0 aliphatic rings. The molecule has 1 unspecified atom stereocenters. The van der Waals surface area contributed by atoms with E-state index in [-0.39, 0.29) is 12.6 Å². The molecule has 0 aliphatic heterocycles. The van der Waals surface area contributed by atoms with E-state index in [9.17, 15) is 0 Å². The molecular formula is C13H18ClNO. The molecule has 3 heteroatoms. The van der Waals surface area contributed by atoms with E-state index in [1.807, 2.05) is 30.3 Å². The van der Waals surface area contributed by atoms with Gasteiger partial charge >= 0.3 is 0 Å². The Morgan fingerprint density at radius 2 is 2.31 bits per heavy atom. The van der Waals surface area contributed by atoms with Gasteiger partial charge in [-0.25, -0.2) is 0 Å². The van der Waals surface area contributed by atoms with Gasteiger partial charge in [-0.1, -0.05) is 29.8 Å². The molecule has 0 saturated carbocycles. The van der Waals surface area contributed by atoms with Crippen molar-refractivity contribution < 1.29 is 5.11 Å². The van der Waals surface area contributed by atoms with E-state index in [0.29, 0.717) is 0 Å². The van der Waals surface area contributed by atoms with Gasteiger partial charge in [-0.15, -0.1) is 6.58 Å². The SMILES string of the molecule is C=CCC(NCCCO)c1cccc(Cl)c1. The average Bonchev–Trinajstić information content (AvgIpc) is 2.28. The number of nitrogens with one attached hydrogen (secondary N) is 1. The van der Waals surface area contributed by atoms with Crippen LogP contribution in [-0.2, 0) is 0 Å². The lowest BCUT2D eigenvalue weighted by Gasteiger charge is -2.17. The molecule has 1 atom stereocenters. The van der Waals surface area contributed by atoms with Crippen LogP contribution in [0, 0.1) is 0 Å². The molecular weight excluding hydrogens is 222 g/mol. The molecule has 2 nitrogen and oxygen atoms in total. The zero-order chi connectivity index (χ0) is 11.8. The van der Waals surface area contributed by atoms with Crippen molar-refractivity contribution in [3.63, 3.8) is 0 Å². The lowest BCUT2D eigenvalue weighted by Crippen LogP contribution is -2.22. The second kappa shape index (κ2) is 7.44. The topological polar surface area (TPSA) is 32.3 Å². The maximum atomic E-state index is 8.74. The molecule has 0 aromatic heterocycles. The Labute approximate surface area is 102 Å². The minimum absolute atomic E-state index is 0.212. The van der Waals surface area contributed by atoms with Crippen molar-refractivity contribution in [1.82, 2.24) is 5.32 Å². The Morgan fingerprint density at radius 3 is 2.94 bits per heavy atom. The van der Waals surface area contributed by atoms with Crippen LogP contribution in [0.15, 0.2) is 36.9 Å². The van der Waals surface area contributed by atoms with Gasteiger partial charge in [-0.3, -0.25) is 0 Å². The molecule has 16 heavy (non-hydrogen) atoms. The molecule has 0 fully saturated rings. The first-order valence-electron chi connectivity index (χ1n) is 5.48. The maximum absolute atomic E-state index is 8.74. The van der Waals surface area contributed by atoms with Crippen LogP contribution in [-0.4, -0.2) is 18.3 Å². The lowest BCUT2D eigenvalue weighted by molar-refractivity contribution is 0.283. The van der Waals surface area contributed by atoms with Gasteiger partial charge in [0.05, 0.1) is 0 Å². The number of benzene rings is 1. The third kappa shape index (κ3) is 4.35. The molecule has 0 spiro atoms. The van der Waals surface area contributed by atoms with Crippen LogP contribution in [0.5, 0.6) is 0 Å². The molecule has 0 aliphatic carbocycles. The van der Waals surface area contributed by atoms with Gasteiger partial charge in [-0.2, -0.15) is 0 Å². The standard InChI is InChI=1S/C13H18ClNO/c1-2-5-13(15-8-4-9-16)11-6-3-7-12(14)10-11/h2-3,6-7,10,13,15-16H,1,4-5,8-9H2. The number of rotatable bonds is 7. The summed E-state index contributed by atoms with van der Waals surface area (Å²) in [5.74, 6) is 0. The first-order valence-corrected chi connectivity index (χ1v) is 5.86. The van der Waals surface area contributed by atoms with Crippen molar-refractivity contribution >= 4 is 11.6 Å². The van der Waals surface area contributed by atoms with E-state index in [1.165, 1.54) is 0 Å². The number of halogens is 1. The Morgan fingerprint density at radius 1 is 1.50 bits per heavy atom. The van der Waals surface area contributed by atoms with E-state index in [2.05, 4.69) is 11.9 Å². The molecule has 0 radical (unpaired) electrons. The summed E-state index contributed by atoms with van der Waals surface area (Å²) in [4.78, 5) is 0. The summed E-state index contributed by atoms with van der Waals surface area (Å²) in [6, 6.07) is 8.04. The van der Waals surface area contributed by atoms with Crippen molar-refractivity contribution in [2.45, 2.75) is 18.9 Å². The number of hydrogen-bond donors (Lipinski definition) is 2. The van der Waals surface area contributed by atoms with E-state index >= 15 is 0 Å². The van der Waals surface area contributed by atoms with Gasteiger partial charge in [0.15, 0.2) is 0 Å². The normalized spacial score (nSPS) is 12.4. The summed E-state index contributed by atoms with van der Waals surface area (Å²) < 4.78 is 0. The second-order valence-corrected chi connectivity index (χ2v) is 4.10. The highest BCUT2D eigenvalue weighted by molar-refractivity contribution is 6.30. The largest absolute Gasteiger partial charge is 0.396 e. The third-order valence-electron chi connectivity index (χ3n) is 2.38. The van der Waals surface area contributed by atoms with Gasteiger partial charge in [0.1, 0.15) is 0 Å². The zero-order valence-electron chi connectivity index (χ0n) is 9.32. The first-order chi connectivity index (χ1) is 7.77. The summed E-state index contributed by atoms with van der Waals surface area (Å²) in [5.41, 5.74) is 1.16. The van der Waals surface area contributed by atoms with E-state index in [0.717, 1.165) is 30.0 Å². The average molecular weight is 240 g/mol. The smallest absolute Gasteiger partial charge is 0.0443 e. The van der Waals surface area contributed by atoms with E-state index in [4.69, 9.17) is 16.7 Å². The lowest BCUT2D eigenvalue weighted by atomic mass is 10.0. The van der Waals surface area contributed by atoms with Gasteiger partial charge in [0.25, 0.3) is 0 Å². The number of aliphatic hydroxyl groups excluding tert-OH is 1. The predicted octanol–water partition coefficient (Wildman–Crippen LogP) is 2.93. The van der Waals surface area contributed by atoms with Gasteiger partial charge in [0.2, 0.25) is 0 Å². The number of aliphatic hydroxyl groups is 1. The molecule has 2 N–H and O–H groups in total. The molecule has 0 bridgehead atoms. The quantitative estimate of drug-likeness (QED) is 0.567. The van der Waals surface area contributed by atoms with E-state index < -0.39 is 0 Å². The van der Waals surface area contributed by atoms with E-state index in [1.54, 1.807) is 0 Å². The Balaban J connectivity index is 2.64. The van der Waals surface area contributed by atoms with Crippen LogP contribution in [0.3, 0.4) is 0 Å². The molecule has 1 aromatic carbocycles. The Hall–Kier alpha value is -0.830. The molecule has 1 rings (SSSR count). The maximum Gasteiger partial charge on any atom is 0.0443 e.